The Morgan fingerprint density at radius 1 is 1.19 bits per heavy atom. The van der Waals surface area contributed by atoms with E-state index in [0.717, 1.165) is 14.9 Å². The van der Waals surface area contributed by atoms with Crippen molar-refractivity contribution >= 4 is 35.3 Å². The zero-order valence-corrected chi connectivity index (χ0v) is 11.7. The third-order valence-electron chi connectivity index (χ3n) is 1.88. The van der Waals surface area contributed by atoms with Crippen LogP contribution in [0.1, 0.15) is 5.56 Å². The van der Waals surface area contributed by atoms with Crippen LogP contribution in [0.25, 0.3) is 0 Å². The number of thioether (sulfide) groups is 3. The highest BCUT2D eigenvalue weighted by Gasteiger charge is 2.05. The van der Waals surface area contributed by atoms with Gasteiger partial charge in [-0.25, -0.2) is 0 Å². The van der Waals surface area contributed by atoms with Gasteiger partial charge in [-0.2, -0.15) is 5.26 Å². The predicted molar refractivity (Wildman–Crippen MR) is 77.4 cm³/mol. The highest BCUT2D eigenvalue weighted by Crippen LogP contribution is 2.34. The summed E-state index contributed by atoms with van der Waals surface area (Å²) in [6, 6.07) is 12.5. The lowest BCUT2D eigenvalue weighted by Crippen LogP contribution is -1.82. The molecule has 0 amide bonds. The Morgan fingerprint density at radius 2 is 1.81 bits per heavy atom. The maximum atomic E-state index is 9.08. The molecule has 84 valence electrons. The minimum atomic E-state index is 0.823. The first-order valence-electron chi connectivity index (χ1n) is 4.71. The number of allylic oxidation sites excluding steroid dienone is 1. The fourth-order valence-electron chi connectivity index (χ4n) is 1.14. The molecular weight excluding hydrogens is 254 g/mol. The van der Waals surface area contributed by atoms with Crippen molar-refractivity contribution in [2.45, 2.75) is 5.75 Å². The topological polar surface area (TPSA) is 23.8 Å². The second kappa shape index (κ2) is 7.72. The van der Waals surface area contributed by atoms with Gasteiger partial charge in [0.15, 0.2) is 0 Å². The first-order valence-corrected chi connectivity index (χ1v) is 8.14. The lowest BCUT2D eigenvalue weighted by molar-refractivity contribution is 1.42. The van der Waals surface area contributed by atoms with Crippen molar-refractivity contribution in [1.29, 1.82) is 5.26 Å². The van der Waals surface area contributed by atoms with Gasteiger partial charge in [0.05, 0.1) is 4.24 Å². The smallest absolute Gasteiger partial charge is 0.108 e. The van der Waals surface area contributed by atoms with E-state index in [1.807, 2.05) is 30.7 Å². The van der Waals surface area contributed by atoms with Crippen molar-refractivity contribution in [1.82, 2.24) is 0 Å². The van der Waals surface area contributed by atoms with Crippen molar-refractivity contribution in [3.05, 3.63) is 45.0 Å². The van der Waals surface area contributed by atoms with E-state index in [1.165, 1.54) is 5.56 Å². The fourth-order valence-corrected chi connectivity index (χ4v) is 3.80. The van der Waals surface area contributed by atoms with Crippen LogP contribution in [0, 0.1) is 11.3 Å². The van der Waals surface area contributed by atoms with Gasteiger partial charge >= 0.3 is 0 Å². The van der Waals surface area contributed by atoms with Crippen LogP contribution in [-0.4, -0.2) is 12.5 Å². The normalized spacial score (nSPS) is 9.56. The lowest BCUT2D eigenvalue weighted by atomic mass is 10.2. The number of hydrogen-bond donors (Lipinski definition) is 0. The van der Waals surface area contributed by atoms with Crippen LogP contribution in [0.4, 0.5) is 0 Å². The molecule has 0 atom stereocenters. The van der Waals surface area contributed by atoms with Gasteiger partial charge in [-0.05, 0) is 18.1 Å². The molecule has 1 aromatic rings. The molecule has 0 unspecified atom stereocenters. The molecule has 0 fully saturated rings. The van der Waals surface area contributed by atoms with Gasteiger partial charge in [-0.1, -0.05) is 30.3 Å². The molecule has 0 aliphatic rings. The van der Waals surface area contributed by atoms with Gasteiger partial charge < -0.3 is 0 Å². The minimum Gasteiger partial charge on any atom is -0.192 e. The van der Waals surface area contributed by atoms with E-state index in [1.54, 1.807) is 35.3 Å². The van der Waals surface area contributed by atoms with E-state index in [9.17, 15) is 0 Å². The average Bonchev–Trinajstić information content (AvgIpc) is 2.35. The zero-order chi connectivity index (χ0) is 11.8. The summed E-state index contributed by atoms with van der Waals surface area (Å²) in [7, 11) is 0. The molecule has 0 saturated heterocycles. The van der Waals surface area contributed by atoms with Crippen LogP contribution in [0.2, 0.25) is 0 Å². The van der Waals surface area contributed by atoms with E-state index >= 15 is 0 Å². The third-order valence-corrected chi connectivity index (χ3v) is 5.35. The molecule has 0 radical (unpaired) electrons. The molecule has 1 rings (SSSR count). The quantitative estimate of drug-likeness (QED) is 0.741. The highest BCUT2D eigenvalue weighted by molar-refractivity contribution is 8.22. The fraction of sp³-hybridized carbons (Fsp3) is 0.250. The largest absolute Gasteiger partial charge is 0.192 e. The summed E-state index contributed by atoms with van der Waals surface area (Å²) in [5, 5.41) is 9.08. The van der Waals surface area contributed by atoms with Gasteiger partial charge in [0.2, 0.25) is 0 Å². The predicted octanol–water partition coefficient (Wildman–Crippen LogP) is 4.34. The molecule has 0 saturated carbocycles. The molecule has 0 aliphatic carbocycles. The van der Waals surface area contributed by atoms with E-state index in [4.69, 9.17) is 5.26 Å². The Kier molecular flexibility index (Phi) is 6.55. The van der Waals surface area contributed by atoms with Crippen molar-refractivity contribution in [2.24, 2.45) is 0 Å². The molecule has 0 aromatic heterocycles. The number of hydrogen-bond acceptors (Lipinski definition) is 4. The number of rotatable bonds is 5. The molecule has 0 N–H and O–H groups in total. The highest BCUT2D eigenvalue weighted by atomic mass is 32.2. The first kappa shape index (κ1) is 13.6. The van der Waals surface area contributed by atoms with Crippen LogP contribution >= 0.6 is 35.3 Å². The molecular formula is C12H13NS3. The molecule has 4 heteroatoms. The maximum Gasteiger partial charge on any atom is 0.108 e. The van der Waals surface area contributed by atoms with E-state index in [0.29, 0.717) is 0 Å². The summed E-state index contributed by atoms with van der Waals surface area (Å²) in [5.74, 6) is 0.856. The van der Waals surface area contributed by atoms with Crippen molar-refractivity contribution in [2.75, 3.05) is 12.5 Å². The minimum absolute atomic E-state index is 0.823. The lowest BCUT2D eigenvalue weighted by Gasteiger charge is -2.04. The monoisotopic (exact) mass is 267 g/mol. The van der Waals surface area contributed by atoms with Crippen LogP contribution < -0.4 is 0 Å². The Morgan fingerprint density at radius 3 is 2.31 bits per heavy atom. The Bertz CT molecular complexity index is 386. The van der Waals surface area contributed by atoms with Crippen molar-refractivity contribution < 1.29 is 0 Å². The van der Waals surface area contributed by atoms with Crippen LogP contribution in [0.15, 0.2) is 39.5 Å². The summed E-state index contributed by atoms with van der Waals surface area (Å²) in [5.41, 5.74) is 1.25. The second-order valence-corrected chi connectivity index (χ2v) is 5.79. The maximum absolute atomic E-state index is 9.08. The third kappa shape index (κ3) is 4.17. The Labute approximate surface area is 110 Å². The van der Waals surface area contributed by atoms with Gasteiger partial charge in [-0.3, -0.25) is 0 Å². The average molecular weight is 267 g/mol. The SMILES string of the molecule is CSC(SC)=C(C#N)SCc1ccccc1. The van der Waals surface area contributed by atoms with Crippen molar-refractivity contribution in [3.8, 4) is 6.07 Å². The first-order chi connectivity index (χ1) is 7.81. The Balaban J connectivity index is 2.67. The second-order valence-electron chi connectivity index (χ2n) is 2.91. The summed E-state index contributed by atoms with van der Waals surface area (Å²) in [6.45, 7) is 0. The van der Waals surface area contributed by atoms with Gasteiger partial charge in [0, 0.05) is 5.75 Å². The summed E-state index contributed by atoms with van der Waals surface area (Å²) >= 11 is 4.88. The van der Waals surface area contributed by atoms with Gasteiger partial charge in [-0.15, -0.1) is 35.3 Å². The summed E-state index contributed by atoms with van der Waals surface area (Å²) in [4.78, 5) is 0.823. The van der Waals surface area contributed by atoms with E-state index in [-0.39, 0.29) is 0 Å². The van der Waals surface area contributed by atoms with E-state index < -0.39 is 0 Å². The molecule has 16 heavy (non-hydrogen) atoms. The van der Waals surface area contributed by atoms with Crippen LogP contribution in [0.3, 0.4) is 0 Å². The number of nitrogens with zero attached hydrogens (tertiary/aromatic N) is 1. The Hall–Kier alpha value is -0.500. The zero-order valence-electron chi connectivity index (χ0n) is 9.27. The molecule has 0 spiro atoms. The van der Waals surface area contributed by atoms with Crippen LogP contribution in [0.5, 0.6) is 0 Å². The van der Waals surface area contributed by atoms with Crippen molar-refractivity contribution in [3.63, 3.8) is 0 Å². The molecule has 0 bridgehead atoms. The summed E-state index contributed by atoms with van der Waals surface area (Å²) < 4.78 is 1.10. The summed E-state index contributed by atoms with van der Waals surface area (Å²) in [6.07, 6.45) is 4.01. The van der Waals surface area contributed by atoms with Gasteiger partial charge in [0.1, 0.15) is 11.0 Å². The number of nitriles is 1. The molecule has 1 aromatic carbocycles. The van der Waals surface area contributed by atoms with E-state index in [2.05, 4.69) is 18.2 Å². The number of benzene rings is 1. The van der Waals surface area contributed by atoms with Gasteiger partial charge in [0.25, 0.3) is 0 Å². The molecule has 0 aliphatic heterocycles. The molecule has 1 nitrogen and oxygen atoms in total. The van der Waals surface area contributed by atoms with Crippen LogP contribution in [-0.2, 0) is 5.75 Å². The standard InChI is InChI=1S/C12H13NS3/c1-14-12(15-2)11(8-13)16-9-10-6-4-3-5-7-10/h3-7H,9H2,1-2H3. The molecule has 0 heterocycles.